The van der Waals surface area contributed by atoms with E-state index in [-0.39, 0.29) is 11.1 Å². The summed E-state index contributed by atoms with van der Waals surface area (Å²) < 4.78 is 5.55. The van der Waals surface area contributed by atoms with E-state index < -0.39 is 4.92 Å². The number of benzene rings is 1. The maximum absolute atomic E-state index is 10.9. The Kier molecular flexibility index (Phi) is 5.26. The molecule has 0 aliphatic rings. The van der Waals surface area contributed by atoms with Gasteiger partial charge in [-0.2, -0.15) is 0 Å². The third-order valence-corrected chi connectivity index (χ3v) is 2.72. The van der Waals surface area contributed by atoms with E-state index in [1.807, 2.05) is 0 Å². The summed E-state index contributed by atoms with van der Waals surface area (Å²) in [6.45, 7) is 7.32. The van der Waals surface area contributed by atoms with Gasteiger partial charge in [-0.3, -0.25) is 16.0 Å². The quantitative estimate of drug-likeness (QED) is 0.358. The van der Waals surface area contributed by atoms with Crippen molar-refractivity contribution >= 4 is 11.4 Å². The van der Waals surface area contributed by atoms with E-state index in [2.05, 4.69) is 26.2 Å². The fraction of sp³-hybridized carbons (Fsp3) is 0.538. The molecule has 0 heterocycles. The van der Waals surface area contributed by atoms with Gasteiger partial charge in [-0.15, -0.1) is 0 Å². The number of nitro benzene ring substituents is 1. The highest BCUT2D eigenvalue weighted by Gasteiger charge is 2.16. The minimum absolute atomic E-state index is 0.0422. The van der Waals surface area contributed by atoms with Crippen LogP contribution in [0.25, 0.3) is 0 Å². The Morgan fingerprint density at radius 3 is 2.63 bits per heavy atom. The van der Waals surface area contributed by atoms with E-state index in [4.69, 9.17) is 10.6 Å². The summed E-state index contributed by atoms with van der Waals surface area (Å²) in [5.41, 5.74) is 3.54. The number of nitrogens with one attached hydrogen (secondary N) is 1. The van der Waals surface area contributed by atoms with E-state index in [1.165, 1.54) is 6.07 Å². The topological polar surface area (TPSA) is 90.4 Å². The van der Waals surface area contributed by atoms with Gasteiger partial charge in [0.25, 0.3) is 5.69 Å². The molecule has 19 heavy (non-hydrogen) atoms. The molecule has 0 bridgehead atoms. The maximum Gasteiger partial charge on any atom is 0.294 e. The number of hydrogen-bond acceptors (Lipinski definition) is 5. The fourth-order valence-electron chi connectivity index (χ4n) is 1.59. The molecule has 0 atom stereocenters. The average Bonchev–Trinajstić information content (AvgIpc) is 2.32. The third kappa shape index (κ3) is 4.84. The van der Waals surface area contributed by atoms with E-state index in [0.717, 1.165) is 6.42 Å². The molecule has 0 spiro atoms. The summed E-state index contributed by atoms with van der Waals surface area (Å²) in [6.07, 6.45) is 0.924. The van der Waals surface area contributed by atoms with Crippen LogP contribution in [-0.2, 0) is 11.3 Å². The number of ether oxygens (including phenoxy) is 1. The van der Waals surface area contributed by atoms with Crippen LogP contribution in [0.1, 0.15) is 32.8 Å². The number of rotatable bonds is 6. The highest BCUT2D eigenvalue weighted by Crippen LogP contribution is 2.28. The minimum Gasteiger partial charge on any atom is -0.377 e. The highest BCUT2D eigenvalue weighted by molar-refractivity contribution is 5.65. The lowest BCUT2D eigenvalue weighted by molar-refractivity contribution is -0.384. The Morgan fingerprint density at radius 2 is 2.11 bits per heavy atom. The van der Waals surface area contributed by atoms with E-state index in [1.54, 1.807) is 12.1 Å². The van der Waals surface area contributed by atoms with Crippen molar-refractivity contribution < 1.29 is 9.66 Å². The van der Waals surface area contributed by atoms with E-state index in [9.17, 15) is 10.1 Å². The van der Waals surface area contributed by atoms with Crippen LogP contribution < -0.4 is 11.3 Å². The number of hydrazine groups is 1. The van der Waals surface area contributed by atoms with Gasteiger partial charge in [-0.25, -0.2) is 0 Å². The molecule has 0 aliphatic carbocycles. The molecule has 0 amide bonds. The molecule has 0 aliphatic heterocycles. The third-order valence-electron chi connectivity index (χ3n) is 2.72. The fourth-order valence-corrected chi connectivity index (χ4v) is 1.59. The van der Waals surface area contributed by atoms with Crippen molar-refractivity contribution in [2.24, 2.45) is 11.3 Å². The first-order valence-corrected chi connectivity index (χ1v) is 6.16. The lowest BCUT2D eigenvalue weighted by Crippen LogP contribution is -2.13. The van der Waals surface area contributed by atoms with E-state index in [0.29, 0.717) is 24.5 Å². The molecule has 6 heteroatoms. The largest absolute Gasteiger partial charge is 0.377 e. The zero-order valence-corrected chi connectivity index (χ0v) is 11.6. The number of para-hydroxylation sites is 1. The molecule has 0 aromatic heterocycles. The Labute approximate surface area is 113 Å². The second-order valence-corrected chi connectivity index (χ2v) is 5.58. The van der Waals surface area contributed by atoms with Gasteiger partial charge in [0.2, 0.25) is 0 Å². The smallest absolute Gasteiger partial charge is 0.294 e. The molecule has 0 saturated heterocycles. The molecule has 0 unspecified atom stereocenters. The zero-order chi connectivity index (χ0) is 14.5. The van der Waals surface area contributed by atoms with Crippen LogP contribution in [0.3, 0.4) is 0 Å². The standard InChI is InChI=1S/C13H21N3O3/c1-13(2,3)7-8-19-9-10-5-4-6-11(16(17)18)12(10)15-14/h4-6,15H,7-9,14H2,1-3H3. The summed E-state index contributed by atoms with van der Waals surface area (Å²) in [4.78, 5) is 10.4. The van der Waals surface area contributed by atoms with Crippen molar-refractivity contribution in [1.82, 2.24) is 0 Å². The molecule has 0 radical (unpaired) electrons. The normalized spacial score (nSPS) is 11.4. The van der Waals surface area contributed by atoms with Gasteiger partial charge in [-0.1, -0.05) is 32.9 Å². The van der Waals surface area contributed by atoms with Crippen molar-refractivity contribution in [2.75, 3.05) is 12.0 Å². The Bertz CT molecular complexity index is 441. The summed E-state index contributed by atoms with van der Waals surface area (Å²) >= 11 is 0. The molecular weight excluding hydrogens is 246 g/mol. The summed E-state index contributed by atoms with van der Waals surface area (Å²) in [7, 11) is 0. The van der Waals surface area contributed by atoms with Crippen LogP contribution in [0.15, 0.2) is 18.2 Å². The van der Waals surface area contributed by atoms with Crippen molar-refractivity contribution in [2.45, 2.75) is 33.8 Å². The van der Waals surface area contributed by atoms with Gasteiger partial charge < -0.3 is 10.2 Å². The predicted octanol–water partition coefficient (Wildman–Crippen LogP) is 2.83. The number of nitrogens with two attached hydrogens (primary N) is 1. The molecular formula is C13H21N3O3. The van der Waals surface area contributed by atoms with Crippen LogP contribution in [0.4, 0.5) is 11.4 Å². The summed E-state index contributed by atoms with van der Waals surface area (Å²) in [5.74, 6) is 5.35. The van der Waals surface area contributed by atoms with Crippen molar-refractivity contribution in [3.8, 4) is 0 Å². The average molecular weight is 267 g/mol. The van der Waals surface area contributed by atoms with Crippen molar-refractivity contribution in [3.05, 3.63) is 33.9 Å². The van der Waals surface area contributed by atoms with Gasteiger partial charge in [-0.05, 0) is 11.8 Å². The second kappa shape index (κ2) is 6.49. The van der Waals surface area contributed by atoms with Gasteiger partial charge in [0.15, 0.2) is 0 Å². The first-order valence-electron chi connectivity index (χ1n) is 6.16. The summed E-state index contributed by atoms with van der Waals surface area (Å²) in [5, 5.41) is 10.9. The van der Waals surface area contributed by atoms with Crippen LogP contribution in [0, 0.1) is 15.5 Å². The van der Waals surface area contributed by atoms with Gasteiger partial charge in [0.1, 0.15) is 5.69 Å². The monoisotopic (exact) mass is 267 g/mol. The Hall–Kier alpha value is -1.66. The predicted molar refractivity (Wildman–Crippen MR) is 74.6 cm³/mol. The van der Waals surface area contributed by atoms with Crippen LogP contribution in [0.5, 0.6) is 0 Å². The van der Waals surface area contributed by atoms with E-state index >= 15 is 0 Å². The van der Waals surface area contributed by atoms with Gasteiger partial charge in [0, 0.05) is 18.2 Å². The maximum atomic E-state index is 10.9. The van der Waals surface area contributed by atoms with Gasteiger partial charge in [0.05, 0.1) is 11.5 Å². The zero-order valence-electron chi connectivity index (χ0n) is 11.6. The van der Waals surface area contributed by atoms with Gasteiger partial charge >= 0.3 is 0 Å². The molecule has 1 rings (SSSR count). The number of nitro groups is 1. The number of nitrogens with zero attached hydrogens (tertiary/aromatic N) is 1. The lowest BCUT2D eigenvalue weighted by atomic mass is 9.93. The summed E-state index contributed by atoms with van der Waals surface area (Å²) in [6, 6.07) is 4.80. The van der Waals surface area contributed by atoms with Crippen molar-refractivity contribution in [1.29, 1.82) is 0 Å². The number of nitrogen functional groups attached to an aromatic ring is 1. The minimum atomic E-state index is -0.464. The molecule has 0 fully saturated rings. The first-order chi connectivity index (χ1) is 8.85. The first kappa shape index (κ1) is 15.4. The highest BCUT2D eigenvalue weighted by atomic mass is 16.6. The molecule has 106 valence electrons. The van der Waals surface area contributed by atoms with Crippen LogP contribution in [0.2, 0.25) is 0 Å². The van der Waals surface area contributed by atoms with Crippen molar-refractivity contribution in [3.63, 3.8) is 0 Å². The molecule has 0 saturated carbocycles. The molecule has 6 nitrogen and oxygen atoms in total. The van der Waals surface area contributed by atoms with Crippen LogP contribution in [-0.4, -0.2) is 11.5 Å². The second-order valence-electron chi connectivity index (χ2n) is 5.58. The Morgan fingerprint density at radius 1 is 1.42 bits per heavy atom. The van der Waals surface area contributed by atoms with Crippen LogP contribution >= 0.6 is 0 Å². The molecule has 1 aromatic carbocycles. The molecule has 3 N–H and O–H groups in total. The molecule has 1 aromatic rings. The number of anilines is 1. The number of hydrogen-bond donors (Lipinski definition) is 2. The SMILES string of the molecule is CC(C)(C)CCOCc1cccc([N+](=O)[O-])c1NN. The Balaban J connectivity index is 2.68. The lowest BCUT2D eigenvalue weighted by Gasteiger charge is -2.18.